The zero-order valence-electron chi connectivity index (χ0n) is 10.1. The number of carbonyl (C=O) groups is 1. The fraction of sp³-hybridized carbons (Fsp3) is 0. The summed E-state index contributed by atoms with van der Waals surface area (Å²) in [6.45, 7) is 0. The quantitative estimate of drug-likeness (QED) is 0.379. The first-order valence-electron chi connectivity index (χ1n) is 5.54. The Morgan fingerprint density at radius 1 is 1.30 bits per heavy atom. The number of nitrogens with zero attached hydrogens (tertiary/aromatic N) is 1. The van der Waals surface area contributed by atoms with Gasteiger partial charge in [-0.15, -0.1) is 0 Å². The van der Waals surface area contributed by atoms with E-state index in [2.05, 4.69) is 27.9 Å². The highest BCUT2D eigenvalue weighted by molar-refractivity contribution is 14.1. The monoisotopic (exact) mass is 384 g/mol. The van der Waals surface area contributed by atoms with Gasteiger partial charge >= 0.3 is 5.88 Å². The smallest absolute Gasteiger partial charge is 0.401 e. The minimum absolute atomic E-state index is 0.245. The molecule has 0 unspecified atom stereocenters. The van der Waals surface area contributed by atoms with Crippen molar-refractivity contribution in [1.82, 2.24) is 0 Å². The lowest BCUT2D eigenvalue weighted by atomic mass is 10.3. The van der Waals surface area contributed by atoms with Gasteiger partial charge in [-0.05, 0) is 46.9 Å². The van der Waals surface area contributed by atoms with E-state index >= 15 is 0 Å². The van der Waals surface area contributed by atoms with Gasteiger partial charge in [0.25, 0.3) is 0 Å². The SMILES string of the molecule is O=C(C=Cc1ccc([N+](=O)[O-])o1)Nc1ccccc1I. The molecule has 1 heterocycles. The summed E-state index contributed by atoms with van der Waals surface area (Å²) in [5.74, 6) is -0.453. The van der Waals surface area contributed by atoms with Crippen LogP contribution in [0.2, 0.25) is 0 Å². The lowest BCUT2D eigenvalue weighted by Crippen LogP contribution is -2.08. The topological polar surface area (TPSA) is 85.4 Å². The van der Waals surface area contributed by atoms with Crippen LogP contribution in [0.3, 0.4) is 0 Å². The summed E-state index contributed by atoms with van der Waals surface area (Å²) in [6, 6.07) is 10.00. The first-order chi connectivity index (χ1) is 9.56. The lowest BCUT2D eigenvalue weighted by Gasteiger charge is -2.03. The number of nitro groups is 1. The standard InChI is InChI=1S/C13H9IN2O4/c14-10-3-1-2-4-11(10)15-12(17)7-5-9-6-8-13(20-9)16(18)19/h1-8H,(H,15,17). The Morgan fingerprint density at radius 3 is 2.70 bits per heavy atom. The summed E-state index contributed by atoms with van der Waals surface area (Å²) in [6.07, 6.45) is 2.63. The molecule has 0 aliphatic heterocycles. The number of furan rings is 1. The van der Waals surface area contributed by atoms with Gasteiger partial charge in [0.2, 0.25) is 5.91 Å². The minimum atomic E-state index is -0.635. The van der Waals surface area contributed by atoms with Crippen LogP contribution in [0.4, 0.5) is 11.6 Å². The van der Waals surface area contributed by atoms with Gasteiger partial charge in [0.15, 0.2) is 0 Å². The molecule has 2 aromatic rings. The second kappa shape index (κ2) is 6.33. The van der Waals surface area contributed by atoms with Gasteiger partial charge in [0, 0.05) is 9.65 Å². The Kier molecular flexibility index (Phi) is 4.51. The molecule has 0 aliphatic rings. The van der Waals surface area contributed by atoms with Crippen molar-refractivity contribution in [3.8, 4) is 0 Å². The highest BCUT2D eigenvalue weighted by Gasteiger charge is 2.10. The lowest BCUT2D eigenvalue weighted by molar-refractivity contribution is -0.402. The van der Waals surface area contributed by atoms with Crippen molar-refractivity contribution in [3.63, 3.8) is 0 Å². The first kappa shape index (κ1) is 14.3. The Balaban J connectivity index is 2.02. The van der Waals surface area contributed by atoms with Gasteiger partial charge in [0.1, 0.15) is 10.7 Å². The Bertz CT molecular complexity index is 679. The van der Waals surface area contributed by atoms with Crippen LogP contribution in [0.15, 0.2) is 46.9 Å². The Morgan fingerprint density at radius 2 is 2.05 bits per heavy atom. The third-order valence-electron chi connectivity index (χ3n) is 2.32. The molecular weight excluding hydrogens is 375 g/mol. The number of hydrogen-bond donors (Lipinski definition) is 1. The number of nitrogens with one attached hydrogen (secondary N) is 1. The molecule has 0 saturated heterocycles. The van der Waals surface area contributed by atoms with Gasteiger partial charge in [-0.2, -0.15) is 0 Å². The molecule has 2 rings (SSSR count). The maximum atomic E-state index is 11.7. The van der Waals surface area contributed by atoms with E-state index in [1.807, 2.05) is 18.2 Å². The summed E-state index contributed by atoms with van der Waals surface area (Å²) in [7, 11) is 0. The van der Waals surface area contributed by atoms with Gasteiger partial charge in [0.05, 0.1) is 11.8 Å². The van der Waals surface area contributed by atoms with Crippen molar-refractivity contribution >= 4 is 46.1 Å². The summed E-state index contributed by atoms with van der Waals surface area (Å²) in [4.78, 5) is 21.5. The van der Waals surface area contributed by atoms with Crippen molar-refractivity contribution in [3.05, 3.63) is 61.9 Å². The van der Waals surface area contributed by atoms with E-state index in [4.69, 9.17) is 4.42 Å². The van der Waals surface area contributed by atoms with Crippen molar-refractivity contribution in [1.29, 1.82) is 0 Å². The largest absolute Gasteiger partial charge is 0.433 e. The molecule has 0 atom stereocenters. The summed E-state index contributed by atoms with van der Waals surface area (Å²) < 4.78 is 5.82. The summed E-state index contributed by atoms with van der Waals surface area (Å²) in [5.41, 5.74) is 0.702. The van der Waals surface area contributed by atoms with Gasteiger partial charge < -0.3 is 9.73 Å². The zero-order valence-corrected chi connectivity index (χ0v) is 12.2. The second-order valence-electron chi connectivity index (χ2n) is 3.74. The molecular formula is C13H9IN2O4. The van der Waals surface area contributed by atoms with Gasteiger partial charge in [-0.1, -0.05) is 12.1 Å². The van der Waals surface area contributed by atoms with Crippen LogP contribution in [0.1, 0.15) is 5.76 Å². The van der Waals surface area contributed by atoms with Crippen LogP contribution in [-0.4, -0.2) is 10.8 Å². The van der Waals surface area contributed by atoms with Crippen molar-refractivity contribution in [2.75, 3.05) is 5.32 Å². The first-order valence-corrected chi connectivity index (χ1v) is 6.62. The molecule has 20 heavy (non-hydrogen) atoms. The third kappa shape index (κ3) is 3.67. The van der Waals surface area contributed by atoms with E-state index in [9.17, 15) is 14.9 Å². The average Bonchev–Trinajstić information content (AvgIpc) is 2.88. The van der Waals surface area contributed by atoms with E-state index in [1.165, 1.54) is 24.3 Å². The maximum Gasteiger partial charge on any atom is 0.433 e. The van der Waals surface area contributed by atoms with Crippen LogP contribution in [0.5, 0.6) is 0 Å². The number of amides is 1. The molecule has 0 radical (unpaired) electrons. The number of para-hydroxylation sites is 1. The highest BCUT2D eigenvalue weighted by Crippen LogP contribution is 2.18. The number of hydrogen-bond acceptors (Lipinski definition) is 4. The van der Waals surface area contributed by atoms with Crippen molar-refractivity contribution in [2.45, 2.75) is 0 Å². The molecule has 1 aromatic carbocycles. The minimum Gasteiger partial charge on any atom is -0.401 e. The molecule has 1 amide bonds. The zero-order chi connectivity index (χ0) is 14.5. The predicted molar refractivity (Wildman–Crippen MR) is 82.2 cm³/mol. The number of anilines is 1. The molecule has 0 bridgehead atoms. The van der Waals surface area contributed by atoms with E-state index in [1.54, 1.807) is 6.07 Å². The van der Waals surface area contributed by atoms with Gasteiger partial charge in [-0.3, -0.25) is 14.9 Å². The fourth-order valence-corrected chi connectivity index (χ4v) is 1.95. The van der Waals surface area contributed by atoms with E-state index < -0.39 is 4.92 Å². The van der Waals surface area contributed by atoms with E-state index in [-0.39, 0.29) is 17.6 Å². The molecule has 0 fully saturated rings. The van der Waals surface area contributed by atoms with E-state index in [0.29, 0.717) is 5.69 Å². The molecule has 7 heteroatoms. The molecule has 0 spiro atoms. The van der Waals surface area contributed by atoms with Gasteiger partial charge in [-0.25, -0.2) is 0 Å². The summed E-state index contributed by atoms with van der Waals surface area (Å²) in [5, 5.41) is 13.1. The Labute approximate surface area is 127 Å². The molecule has 102 valence electrons. The third-order valence-corrected chi connectivity index (χ3v) is 3.26. The van der Waals surface area contributed by atoms with Crippen LogP contribution >= 0.6 is 22.6 Å². The number of carbonyl (C=O) groups excluding carboxylic acids is 1. The number of halogens is 1. The van der Waals surface area contributed by atoms with Crippen LogP contribution in [0, 0.1) is 13.7 Å². The fourth-order valence-electron chi connectivity index (χ4n) is 1.42. The van der Waals surface area contributed by atoms with Crippen LogP contribution in [0.25, 0.3) is 6.08 Å². The molecule has 6 nitrogen and oxygen atoms in total. The number of rotatable bonds is 4. The Hall–Kier alpha value is -2.16. The normalized spacial score (nSPS) is 10.7. The predicted octanol–water partition coefficient (Wildman–Crippen LogP) is 3.44. The highest BCUT2D eigenvalue weighted by atomic mass is 127. The van der Waals surface area contributed by atoms with Crippen molar-refractivity contribution < 1.29 is 14.1 Å². The average molecular weight is 384 g/mol. The van der Waals surface area contributed by atoms with Crippen LogP contribution in [-0.2, 0) is 4.79 Å². The maximum absolute atomic E-state index is 11.7. The number of benzene rings is 1. The second-order valence-corrected chi connectivity index (χ2v) is 4.90. The molecule has 1 aromatic heterocycles. The van der Waals surface area contributed by atoms with Crippen molar-refractivity contribution in [2.24, 2.45) is 0 Å². The molecule has 1 N–H and O–H groups in total. The summed E-state index contributed by atoms with van der Waals surface area (Å²) >= 11 is 2.11. The van der Waals surface area contributed by atoms with Crippen LogP contribution < -0.4 is 5.32 Å². The molecule has 0 saturated carbocycles. The van der Waals surface area contributed by atoms with E-state index in [0.717, 1.165) is 3.57 Å². The molecule has 0 aliphatic carbocycles.